The van der Waals surface area contributed by atoms with Crippen LogP contribution >= 0.6 is 11.3 Å². The molecule has 0 aliphatic carbocycles. The summed E-state index contributed by atoms with van der Waals surface area (Å²) in [5.41, 5.74) is 1.20. The van der Waals surface area contributed by atoms with E-state index in [9.17, 15) is 5.26 Å². The van der Waals surface area contributed by atoms with Gasteiger partial charge in [0.05, 0.1) is 14.9 Å². The average molecular weight is 281 g/mol. The van der Waals surface area contributed by atoms with Crippen LogP contribution in [0.1, 0.15) is 37.3 Å². The number of benzene rings is 1. The molecule has 0 fully saturated rings. The molecule has 3 nitrogen and oxygen atoms in total. The molecular formula is C15H16N2OS. The van der Waals surface area contributed by atoms with E-state index in [1.807, 2.05) is 5.38 Å². The van der Waals surface area contributed by atoms with E-state index in [2.05, 4.69) is 4.98 Å². The minimum absolute atomic E-state index is 0.146. The molecule has 1 aromatic carbocycles. The third kappa shape index (κ3) is 3.33. The van der Waals surface area contributed by atoms with Gasteiger partial charge in [-0.1, -0.05) is 13.7 Å². The Morgan fingerprint density at radius 2 is 2.47 bits per heavy atom. The Kier molecular flexibility index (Phi) is 1.87. The van der Waals surface area contributed by atoms with Gasteiger partial charge >= 0.3 is 0 Å². The molecular weight excluding hydrogens is 256 g/mol. The van der Waals surface area contributed by atoms with Crippen molar-refractivity contribution >= 4 is 11.3 Å². The first kappa shape index (κ1) is 6.06. The highest BCUT2D eigenvalue weighted by Gasteiger charge is 2.09. The Hall–Kier alpha value is -1.86. The van der Waals surface area contributed by atoms with E-state index in [1.165, 1.54) is 29.5 Å². The summed E-state index contributed by atoms with van der Waals surface area (Å²) in [5, 5.41) is 11.8. The fourth-order valence-corrected chi connectivity index (χ4v) is 2.23. The molecule has 0 bridgehead atoms. The molecule has 2 rings (SSSR count). The summed E-state index contributed by atoms with van der Waals surface area (Å²) in [6, 6.07) is 5.89. The number of thiazole rings is 1. The van der Waals surface area contributed by atoms with Crippen molar-refractivity contribution in [1.29, 1.82) is 5.26 Å². The summed E-state index contributed by atoms with van der Waals surface area (Å²) in [6.07, 6.45) is 0. The van der Waals surface area contributed by atoms with Gasteiger partial charge in [0.25, 0.3) is 0 Å². The SMILES string of the molecule is [2H]C([2H])([2H])C([2H])(C([2H])([2H])[2H])C([2H])([2H])Oc1ccc(-c2nc(C)cs2)cc1C#N. The first-order valence-corrected chi connectivity index (χ1v) is 6.18. The number of nitriles is 1. The first-order chi connectivity index (χ1) is 12.6. The van der Waals surface area contributed by atoms with Gasteiger partial charge in [0, 0.05) is 26.2 Å². The van der Waals surface area contributed by atoms with E-state index >= 15 is 0 Å². The van der Waals surface area contributed by atoms with Crippen molar-refractivity contribution in [3.8, 4) is 22.4 Å². The Balaban J connectivity index is 2.50. The smallest absolute Gasteiger partial charge is 0.137 e. The van der Waals surface area contributed by atoms with Crippen LogP contribution in [0.2, 0.25) is 0 Å². The number of rotatable bonds is 4. The zero-order chi connectivity index (χ0) is 21.5. The van der Waals surface area contributed by atoms with E-state index in [0.717, 1.165) is 5.69 Å². The summed E-state index contributed by atoms with van der Waals surface area (Å²) in [4.78, 5) is 4.28. The van der Waals surface area contributed by atoms with Crippen molar-refractivity contribution in [1.82, 2.24) is 4.98 Å². The van der Waals surface area contributed by atoms with Crippen LogP contribution in [-0.4, -0.2) is 11.5 Å². The first-order valence-electron chi connectivity index (χ1n) is 9.80. The summed E-state index contributed by atoms with van der Waals surface area (Å²) in [6.45, 7) is -8.69. The molecule has 0 aliphatic heterocycles. The van der Waals surface area contributed by atoms with Crippen molar-refractivity contribution in [2.24, 2.45) is 5.89 Å². The molecule has 0 aliphatic rings. The van der Waals surface area contributed by atoms with Crippen LogP contribution in [0.5, 0.6) is 5.75 Å². The lowest BCUT2D eigenvalue weighted by Gasteiger charge is -2.10. The Bertz CT molecular complexity index is 897. The number of hydrogen-bond acceptors (Lipinski definition) is 4. The molecule has 0 amide bonds. The molecule has 0 N–H and O–H groups in total. The fraction of sp³-hybridized carbons (Fsp3) is 0.333. The summed E-state index contributed by atoms with van der Waals surface area (Å²) in [5.74, 6) is -3.94. The highest BCUT2D eigenvalue weighted by atomic mass is 32.1. The van der Waals surface area contributed by atoms with Crippen molar-refractivity contribution in [2.75, 3.05) is 6.56 Å². The van der Waals surface area contributed by atoms with Crippen molar-refractivity contribution in [3.63, 3.8) is 0 Å². The van der Waals surface area contributed by atoms with Gasteiger partial charge in [0.15, 0.2) is 0 Å². The zero-order valence-electron chi connectivity index (χ0n) is 19.0. The topological polar surface area (TPSA) is 45.9 Å². The van der Waals surface area contributed by atoms with Gasteiger partial charge in [-0.05, 0) is 31.0 Å². The second kappa shape index (κ2) is 5.85. The number of hydrogen-bond donors (Lipinski definition) is 0. The predicted octanol–water partition coefficient (Wildman–Crippen LogP) is 4.03. The maximum absolute atomic E-state index is 9.38. The number of aryl methyl sites for hydroxylation is 1. The Morgan fingerprint density at radius 1 is 1.63 bits per heavy atom. The van der Waals surface area contributed by atoms with Crippen LogP contribution in [-0.2, 0) is 0 Å². The lowest BCUT2D eigenvalue weighted by molar-refractivity contribution is 0.270. The highest BCUT2D eigenvalue weighted by molar-refractivity contribution is 7.13. The van der Waals surface area contributed by atoms with Crippen LogP contribution < -0.4 is 4.74 Å². The largest absolute Gasteiger partial charge is 0.492 e. The Morgan fingerprint density at radius 3 is 3.11 bits per heavy atom. The molecule has 4 heteroatoms. The lowest BCUT2D eigenvalue weighted by Crippen LogP contribution is -2.05. The predicted molar refractivity (Wildman–Crippen MR) is 77.3 cm³/mol. The standard InChI is InChI=1S/C15H16N2OS/c1-10(2)8-18-14-5-4-12(6-13(14)7-16)15-17-11(3)9-19-15/h4-6,9-10H,8H2,1-3H3/i1D3,2D3,8D2,10D. The fourth-order valence-electron chi connectivity index (χ4n) is 1.43. The van der Waals surface area contributed by atoms with Crippen molar-refractivity contribution < 1.29 is 17.1 Å². The zero-order valence-corrected chi connectivity index (χ0v) is 10.8. The second-order valence-corrected chi connectivity index (χ2v) is 4.55. The molecule has 0 unspecified atom stereocenters. The summed E-state index contributed by atoms with van der Waals surface area (Å²) >= 11 is 1.34. The van der Waals surface area contributed by atoms with E-state index < -0.39 is 26.2 Å². The second-order valence-electron chi connectivity index (χ2n) is 3.70. The third-order valence-corrected chi connectivity index (χ3v) is 3.24. The third-order valence-electron chi connectivity index (χ3n) is 2.23. The van der Waals surface area contributed by atoms with E-state index in [4.69, 9.17) is 17.1 Å². The quantitative estimate of drug-likeness (QED) is 0.850. The summed E-state index contributed by atoms with van der Waals surface area (Å²) < 4.78 is 73.3. The monoisotopic (exact) mass is 281 g/mol. The van der Waals surface area contributed by atoms with Gasteiger partial charge < -0.3 is 4.74 Å². The molecule has 0 saturated carbocycles. The molecule has 0 saturated heterocycles. The molecule has 98 valence electrons. The van der Waals surface area contributed by atoms with Crippen LogP contribution in [0, 0.1) is 24.1 Å². The van der Waals surface area contributed by atoms with Crippen LogP contribution in [0.25, 0.3) is 10.6 Å². The average Bonchev–Trinajstić information content (AvgIpc) is 2.98. The molecule has 1 aromatic heterocycles. The van der Waals surface area contributed by atoms with E-state index in [1.54, 1.807) is 13.0 Å². The lowest BCUT2D eigenvalue weighted by atomic mass is 10.1. The van der Waals surface area contributed by atoms with E-state index in [-0.39, 0.29) is 11.3 Å². The summed E-state index contributed by atoms with van der Waals surface area (Å²) in [7, 11) is 0. The number of aromatic nitrogens is 1. The highest BCUT2D eigenvalue weighted by Crippen LogP contribution is 2.28. The van der Waals surface area contributed by atoms with Gasteiger partial charge in [-0.25, -0.2) is 4.98 Å². The van der Waals surface area contributed by atoms with Crippen LogP contribution in [0.3, 0.4) is 0 Å². The molecule has 2 aromatic rings. The van der Waals surface area contributed by atoms with Gasteiger partial charge in [-0.2, -0.15) is 5.26 Å². The molecule has 19 heavy (non-hydrogen) atoms. The molecule has 0 radical (unpaired) electrons. The van der Waals surface area contributed by atoms with Gasteiger partial charge in [0.2, 0.25) is 0 Å². The van der Waals surface area contributed by atoms with Crippen LogP contribution in [0.15, 0.2) is 23.6 Å². The minimum Gasteiger partial charge on any atom is -0.492 e. The van der Waals surface area contributed by atoms with Gasteiger partial charge in [0.1, 0.15) is 16.8 Å². The van der Waals surface area contributed by atoms with Gasteiger partial charge in [-0.3, -0.25) is 0 Å². The molecule has 0 atom stereocenters. The van der Waals surface area contributed by atoms with Crippen LogP contribution in [0.4, 0.5) is 0 Å². The minimum atomic E-state index is -3.58. The van der Waals surface area contributed by atoms with Crippen molar-refractivity contribution in [2.45, 2.75) is 20.6 Å². The van der Waals surface area contributed by atoms with E-state index in [0.29, 0.717) is 10.6 Å². The number of nitrogens with zero attached hydrogens (tertiary/aromatic N) is 2. The van der Waals surface area contributed by atoms with Crippen molar-refractivity contribution in [3.05, 3.63) is 34.8 Å². The Labute approximate surface area is 130 Å². The maximum Gasteiger partial charge on any atom is 0.137 e. The maximum atomic E-state index is 9.38. The molecule has 1 heterocycles. The number of ether oxygens (including phenoxy) is 1. The normalized spacial score (nSPS) is 20.1. The molecule has 0 spiro atoms. The van der Waals surface area contributed by atoms with Gasteiger partial charge in [-0.15, -0.1) is 11.3 Å².